The predicted molar refractivity (Wildman–Crippen MR) is 121 cm³/mol. The van der Waals surface area contributed by atoms with E-state index in [1.807, 2.05) is 17.5 Å². The summed E-state index contributed by atoms with van der Waals surface area (Å²) in [6.07, 6.45) is -2.16. The number of carbonyl (C=O) groups is 3. The van der Waals surface area contributed by atoms with Gasteiger partial charge in [-0.3, -0.25) is 14.4 Å². The number of primary amides is 1. The van der Waals surface area contributed by atoms with Crippen LogP contribution in [0.15, 0.2) is 46.6 Å². The van der Waals surface area contributed by atoms with Crippen molar-refractivity contribution in [1.82, 2.24) is 0 Å². The lowest BCUT2D eigenvalue weighted by Gasteiger charge is -2.50. The lowest BCUT2D eigenvalue weighted by atomic mass is 9.55. The Morgan fingerprint density at radius 2 is 1.88 bits per heavy atom. The van der Waals surface area contributed by atoms with Crippen LogP contribution in [-0.4, -0.2) is 54.7 Å². The van der Waals surface area contributed by atoms with E-state index in [4.69, 9.17) is 5.73 Å². The van der Waals surface area contributed by atoms with E-state index in [1.54, 1.807) is 13.0 Å². The Labute approximate surface area is 197 Å². The van der Waals surface area contributed by atoms with Crippen LogP contribution < -0.4 is 5.73 Å². The second-order valence-corrected chi connectivity index (χ2v) is 9.83. The molecular formula is C24H21NO8S. The fourth-order valence-corrected chi connectivity index (χ4v) is 6.49. The first-order valence-electron chi connectivity index (χ1n) is 10.6. The van der Waals surface area contributed by atoms with Crippen LogP contribution in [0.3, 0.4) is 0 Å². The molecule has 7 N–H and O–H groups in total. The molecule has 2 aromatic rings. The molecule has 1 amide bonds. The molecule has 1 aromatic carbocycles. The number of nitrogens with two attached hydrogens (primary N) is 1. The molecule has 3 aliphatic carbocycles. The van der Waals surface area contributed by atoms with Crippen molar-refractivity contribution in [2.75, 3.05) is 0 Å². The third-order valence-electron chi connectivity index (χ3n) is 7.27. The largest absolute Gasteiger partial charge is 0.508 e. The van der Waals surface area contributed by atoms with Crippen molar-refractivity contribution in [2.24, 2.45) is 17.6 Å². The molecule has 0 aliphatic heterocycles. The molecule has 34 heavy (non-hydrogen) atoms. The number of thiophene rings is 1. The molecule has 10 heteroatoms. The van der Waals surface area contributed by atoms with E-state index in [-0.39, 0.29) is 11.3 Å². The van der Waals surface area contributed by atoms with Crippen LogP contribution in [0, 0.1) is 11.8 Å². The fraction of sp³-hybridized carbons (Fsp3) is 0.292. The SMILES string of the molecule is C[C@H]1c2c(-c3cccs3)ccc(O)c2C(O)=C2C(=O)[C@]3(O)C(O)=C(C(N)=O)C(=O)C[C@@H]3[C@@H](O)[C@@H]21. The third-order valence-corrected chi connectivity index (χ3v) is 8.17. The van der Waals surface area contributed by atoms with Gasteiger partial charge in [-0.15, -0.1) is 11.3 Å². The number of phenols is 1. The van der Waals surface area contributed by atoms with Crippen LogP contribution in [-0.2, 0) is 14.4 Å². The maximum atomic E-state index is 13.6. The molecule has 3 aliphatic rings. The maximum absolute atomic E-state index is 13.6. The molecule has 0 saturated heterocycles. The zero-order chi connectivity index (χ0) is 24.7. The van der Waals surface area contributed by atoms with Crippen LogP contribution in [0.1, 0.15) is 30.4 Å². The molecule has 0 radical (unpaired) electrons. The topological polar surface area (TPSA) is 178 Å². The predicted octanol–water partition coefficient (Wildman–Crippen LogP) is 1.68. The van der Waals surface area contributed by atoms with E-state index < -0.39 is 76.0 Å². The van der Waals surface area contributed by atoms with Gasteiger partial charge in [0.05, 0.1) is 11.7 Å². The highest BCUT2D eigenvalue weighted by molar-refractivity contribution is 7.13. The third kappa shape index (κ3) is 2.64. The van der Waals surface area contributed by atoms with Crippen LogP contribution in [0.5, 0.6) is 5.75 Å². The number of Topliss-reactive ketones (excluding diaryl/α,β-unsaturated/α-hetero) is 2. The first-order chi connectivity index (χ1) is 16.0. The molecule has 9 nitrogen and oxygen atoms in total. The highest BCUT2D eigenvalue weighted by atomic mass is 32.1. The minimum Gasteiger partial charge on any atom is -0.508 e. The van der Waals surface area contributed by atoms with Gasteiger partial charge in [0.25, 0.3) is 5.91 Å². The van der Waals surface area contributed by atoms with Crippen molar-refractivity contribution >= 4 is 34.6 Å². The van der Waals surface area contributed by atoms with Gasteiger partial charge in [-0.25, -0.2) is 0 Å². The summed E-state index contributed by atoms with van der Waals surface area (Å²) in [6, 6.07) is 6.75. The molecule has 1 heterocycles. The minimum absolute atomic E-state index is 0.0160. The van der Waals surface area contributed by atoms with Gasteiger partial charge in [-0.05, 0) is 40.6 Å². The maximum Gasteiger partial charge on any atom is 0.255 e. The summed E-state index contributed by atoms with van der Waals surface area (Å²) in [6.45, 7) is 1.71. The second-order valence-electron chi connectivity index (χ2n) is 8.88. The molecular weight excluding hydrogens is 462 g/mol. The van der Waals surface area contributed by atoms with Gasteiger partial charge in [-0.2, -0.15) is 0 Å². The number of aliphatic hydroxyl groups is 4. The number of aliphatic hydroxyl groups excluding tert-OH is 3. The van der Waals surface area contributed by atoms with E-state index in [0.717, 1.165) is 4.88 Å². The molecule has 0 unspecified atom stereocenters. The minimum atomic E-state index is -2.84. The van der Waals surface area contributed by atoms with Gasteiger partial charge in [0.2, 0.25) is 5.78 Å². The summed E-state index contributed by atoms with van der Waals surface area (Å²) in [7, 11) is 0. The van der Waals surface area contributed by atoms with Gasteiger partial charge in [-0.1, -0.05) is 13.0 Å². The normalized spacial score (nSPS) is 30.7. The Kier molecular flexibility index (Phi) is 4.77. The summed E-state index contributed by atoms with van der Waals surface area (Å²) < 4.78 is 0. The zero-order valence-electron chi connectivity index (χ0n) is 17.8. The number of hydrogen-bond acceptors (Lipinski definition) is 9. The first-order valence-corrected chi connectivity index (χ1v) is 11.4. The number of phenolic OH excluding ortho intramolecular Hbond substituents is 1. The smallest absolute Gasteiger partial charge is 0.255 e. The van der Waals surface area contributed by atoms with Crippen LogP contribution in [0.25, 0.3) is 16.2 Å². The molecule has 1 aromatic heterocycles. The Morgan fingerprint density at radius 3 is 2.50 bits per heavy atom. The lowest BCUT2D eigenvalue weighted by molar-refractivity contribution is -0.160. The van der Waals surface area contributed by atoms with Crippen molar-refractivity contribution in [2.45, 2.75) is 31.0 Å². The fourth-order valence-electron chi connectivity index (χ4n) is 5.73. The van der Waals surface area contributed by atoms with E-state index in [0.29, 0.717) is 11.1 Å². The average Bonchev–Trinajstić information content (AvgIpc) is 3.31. The van der Waals surface area contributed by atoms with Crippen LogP contribution in [0.2, 0.25) is 0 Å². The Hall–Kier alpha value is -3.47. The highest BCUT2D eigenvalue weighted by Gasteiger charge is 2.65. The zero-order valence-corrected chi connectivity index (χ0v) is 18.7. The number of benzene rings is 1. The van der Waals surface area contributed by atoms with Gasteiger partial charge in [0.15, 0.2) is 11.4 Å². The summed E-state index contributed by atoms with van der Waals surface area (Å²) in [5.41, 5.74) is 2.22. The summed E-state index contributed by atoms with van der Waals surface area (Å²) >= 11 is 1.43. The number of amides is 1. The molecule has 176 valence electrons. The molecule has 1 fully saturated rings. The van der Waals surface area contributed by atoms with Crippen molar-refractivity contribution in [1.29, 1.82) is 0 Å². The van der Waals surface area contributed by atoms with Crippen molar-refractivity contribution < 1.29 is 39.9 Å². The number of fused-ring (bicyclic) bond motifs is 3. The van der Waals surface area contributed by atoms with Crippen molar-refractivity contribution in [3.05, 3.63) is 57.7 Å². The highest BCUT2D eigenvalue weighted by Crippen LogP contribution is 2.57. The summed E-state index contributed by atoms with van der Waals surface area (Å²) in [4.78, 5) is 38.7. The van der Waals surface area contributed by atoms with E-state index in [2.05, 4.69) is 0 Å². The Morgan fingerprint density at radius 1 is 1.18 bits per heavy atom. The van der Waals surface area contributed by atoms with E-state index in [1.165, 1.54) is 17.4 Å². The summed E-state index contributed by atoms with van der Waals surface area (Å²) in [5.74, 6) is -8.72. The van der Waals surface area contributed by atoms with Gasteiger partial charge >= 0.3 is 0 Å². The van der Waals surface area contributed by atoms with Crippen LogP contribution in [0.4, 0.5) is 0 Å². The van der Waals surface area contributed by atoms with Crippen LogP contribution >= 0.6 is 11.3 Å². The number of aromatic hydroxyl groups is 1. The number of hydrogen-bond donors (Lipinski definition) is 6. The molecule has 0 bridgehead atoms. The number of rotatable bonds is 2. The summed E-state index contributed by atoms with van der Waals surface area (Å²) in [5, 5.41) is 57.0. The second kappa shape index (κ2) is 7.26. The van der Waals surface area contributed by atoms with Crippen molar-refractivity contribution in [3.8, 4) is 16.2 Å². The van der Waals surface area contributed by atoms with E-state index in [9.17, 15) is 39.9 Å². The van der Waals surface area contributed by atoms with Gasteiger partial charge < -0.3 is 31.3 Å². The first kappa shape index (κ1) is 22.3. The average molecular weight is 483 g/mol. The molecule has 5 atom stereocenters. The lowest BCUT2D eigenvalue weighted by Crippen LogP contribution is -2.63. The van der Waals surface area contributed by atoms with Gasteiger partial charge in [0.1, 0.15) is 22.8 Å². The molecule has 5 rings (SSSR count). The molecule has 0 spiro atoms. The molecule has 1 saturated carbocycles. The monoisotopic (exact) mass is 483 g/mol. The Bertz CT molecular complexity index is 1340. The number of carbonyl (C=O) groups excluding carboxylic acids is 3. The number of ketones is 2. The Balaban J connectivity index is 1.80. The quantitative estimate of drug-likeness (QED) is 0.349. The standard InChI is InChI=1S/C24H21NO8S/c1-8-14-9(13-3-2-6-34-13)4-5-11(26)16(14)20(29)18-15(8)19(28)10-7-12(27)17(23(25)32)21(30)24(10,33)22(18)31/h2-6,8,10,15,19,26,28-30,33H,7H2,1H3,(H2,25,32)/t8-,10+,15+,19+,24+/m0/s1. The van der Waals surface area contributed by atoms with Crippen molar-refractivity contribution in [3.63, 3.8) is 0 Å². The van der Waals surface area contributed by atoms with E-state index >= 15 is 0 Å². The van der Waals surface area contributed by atoms with Gasteiger partial charge in [0, 0.05) is 28.7 Å².